The molecule has 0 aliphatic heterocycles. The van der Waals surface area contributed by atoms with Gasteiger partial charge in [-0.25, -0.2) is 0 Å². The molecule has 0 saturated heterocycles. The quantitative estimate of drug-likeness (QED) is 0.425. The van der Waals surface area contributed by atoms with Crippen molar-refractivity contribution in [3.8, 4) is 11.8 Å². The number of ether oxygens (including phenoxy) is 1. The van der Waals surface area contributed by atoms with Gasteiger partial charge in [0.25, 0.3) is 0 Å². The molecule has 1 saturated carbocycles. The van der Waals surface area contributed by atoms with Crippen molar-refractivity contribution in [2.45, 2.75) is 50.0 Å². The Morgan fingerprint density at radius 1 is 1.00 bits per heavy atom. The second-order valence-corrected chi connectivity index (χ2v) is 8.52. The number of halogens is 5. The molecule has 1 nitrogen and oxygen atoms in total. The standard InChI is InChI=1S/C17H21F5OS/c1-2-13-23-16-9-5-14(6-10-16)3-4-15-7-11-17(12-8-15)24(18,19,20,21)22/h7-8,11-12,14,16H,2,5-6,9-10,13H2,1H3. The van der Waals surface area contributed by atoms with Gasteiger partial charge in [0.05, 0.1) is 6.10 Å². The van der Waals surface area contributed by atoms with Crippen LogP contribution in [0, 0.1) is 17.8 Å². The molecule has 1 aliphatic carbocycles. The van der Waals surface area contributed by atoms with Crippen LogP contribution >= 0.6 is 10.2 Å². The average Bonchev–Trinajstić information content (AvgIpc) is 2.50. The minimum atomic E-state index is -9.60. The summed E-state index contributed by atoms with van der Waals surface area (Å²) >= 11 is 0. The number of benzene rings is 1. The first kappa shape index (κ1) is 19.1. The van der Waals surface area contributed by atoms with Gasteiger partial charge >= 0.3 is 10.2 Å². The SMILES string of the molecule is CCCOC1CCC(C#Cc2ccc(S(F)(F)(F)(F)F)cc2)CC1. The predicted molar refractivity (Wildman–Crippen MR) is 86.7 cm³/mol. The Bertz CT molecular complexity index is 619. The molecular weight excluding hydrogens is 347 g/mol. The van der Waals surface area contributed by atoms with Crippen molar-refractivity contribution in [2.24, 2.45) is 5.92 Å². The van der Waals surface area contributed by atoms with E-state index in [4.69, 9.17) is 4.74 Å². The molecule has 0 bridgehead atoms. The Labute approximate surface area is 139 Å². The van der Waals surface area contributed by atoms with E-state index in [9.17, 15) is 19.4 Å². The summed E-state index contributed by atoms with van der Waals surface area (Å²) in [7, 11) is -9.60. The molecule has 1 aromatic carbocycles. The highest BCUT2D eigenvalue weighted by Crippen LogP contribution is 3.02. The molecular formula is C17H21F5OS. The van der Waals surface area contributed by atoms with E-state index in [2.05, 4.69) is 18.8 Å². The van der Waals surface area contributed by atoms with Crippen molar-refractivity contribution >= 4 is 10.2 Å². The zero-order valence-electron chi connectivity index (χ0n) is 13.4. The summed E-state index contributed by atoms with van der Waals surface area (Å²) in [6, 6.07) is 2.80. The second kappa shape index (κ2) is 6.23. The Morgan fingerprint density at radius 2 is 1.58 bits per heavy atom. The lowest BCUT2D eigenvalue weighted by Crippen LogP contribution is -2.21. The van der Waals surface area contributed by atoms with E-state index in [0.717, 1.165) is 50.8 Å². The van der Waals surface area contributed by atoms with Gasteiger partial charge in [-0.15, -0.1) is 0 Å². The van der Waals surface area contributed by atoms with Gasteiger partial charge in [-0.1, -0.05) is 38.2 Å². The first-order valence-electron chi connectivity index (χ1n) is 7.95. The zero-order chi connectivity index (χ0) is 17.9. The molecule has 1 fully saturated rings. The molecule has 136 valence electrons. The van der Waals surface area contributed by atoms with Crippen LogP contribution in [0.1, 0.15) is 44.6 Å². The van der Waals surface area contributed by atoms with Crippen LogP contribution in [0.4, 0.5) is 19.4 Å². The largest absolute Gasteiger partial charge is 0.378 e. The van der Waals surface area contributed by atoms with Crippen LogP contribution in [-0.4, -0.2) is 12.7 Å². The van der Waals surface area contributed by atoms with Crippen LogP contribution in [0.5, 0.6) is 0 Å². The van der Waals surface area contributed by atoms with E-state index in [-0.39, 0.29) is 12.0 Å². The topological polar surface area (TPSA) is 9.23 Å². The van der Waals surface area contributed by atoms with Crippen molar-refractivity contribution < 1.29 is 24.2 Å². The molecule has 2 rings (SSSR count). The molecule has 1 aliphatic rings. The molecule has 7 heteroatoms. The minimum Gasteiger partial charge on any atom is -0.378 e. The van der Waals surface area contributed by atoms with E-state index in [0.29, 0.717) is 17.7 Å². The fourth-order valence-corrected chi connectivity index (χ4v) is 3.29. The fraction of sp³-hybridized carbons (Fsp3) is 0.529. The van der Waals surface area contributed by atoms with Crippen molar-refractivity contribution in [1.82, 2.24) is 0 Å². The highest BCUT2D eigenvalue weighted by atomic mass is 32.5. The molecule has 0 unspecified atom stereocenters. The third kappa shape index (κ3) is 5.67. The van der Waals surface area contributed by atoms with Crippen molar-refractivity contribution in [2.75, 3.05) is 6.61 Å². The van der Waals surface area contributed by atoms with Crippen LogP contribution in [-0.2, 0) is 4.74 Å². The van der Waals surface area contributed by atoms with Gasteiger partial charge in [-0.05, 0) is 56.4 Å². The summed E-state index contributed by atoms with van der Waals surface area (Å²) in [4.78, 5) is -1.88. The first-order chi connectivity index (χ1) is 11.0. The average molecular weight is 368 g/mol. The molecule has 0 aromatic heterocycles. The third-order valence-electron chi connectivity index (χ3n) is 3.95. The van der Waals surface area contributed by atoms with E-state index < -0.39 is 15.1 Å². The lowest BCUT2D eigenvalue weighted by Gasteiger charge is -2.40. The monoisotopic (exact) mass is 368 g/mol. The fourth-order valence-electron chi connectivity index (χ4n) is 2.64. The Kier molecular flexibility index (Phi) is 4.95. The number of hydrogen-bond acceptors (Lipinski definition) is 1. The summed E-state index contributed by atoms with van der Waals surface area (Å²) in [5, 5.41) is 0. The molecule has 0 N–H and O–H groups in total. The van der Waals surface area contributed by atoms with Gasteiger partial charge in [-0.2, -0.15) is 0 Å². The lowest BCUT2D eigenvalue weighted by molar-refractivity contribution is 0.0234. The molecule has 0 radical (unpaired) electrons. The van der Waals surface area contributed by atoms with Crippen LogP contribution in [0.3, 0.4) is 0 Å². The molecule has 1 aromatic rings. The highest BCUT2D eigenvalue weighted by Gasteiger charge is 2.65. The minimum absolute atomic E-state index is 0.168. The van der Waals surface area contributed by atoms with Gasteiger partial charge in [0.2, 0.25) is 0 Å². The molecule has 0 spiro atoms. The maximum absolute atomic E-state index is 12.6. The second-order valence-electron chi connectivity index (χ2n) is 6.11. The maximum atomic E-state index is 12.6. The summed E-state index contributed by atoms with van der Waals surface area (Å²) in [6.07, 6.45) is 4.84. The van der Waals surface area contributed by atoms with Crippen LogP contribution in [0.25, 0.3) is 0 Å². The van der Waals surface area contributed by atoms with Gasteiger partial charge in [0.1, 0.15) is 4.90 Å². The molecule has 0 amide bonds. The summed E-state index contributed by atoms with van der Waals surface area (Å²) in [5.74, 6) is 5.98. The smallest absolute Gasteiger partial charge is 0.310 e. The first-order valence-corrected chi connectivity index (χ1v) is 9.90. The van der Waals surface area contributed by atoms with Crippen molar-refractivity contribution in [1.29, 1.82) is 0 Å². The lowest BCUT2D eigenvalue weighted by atomic mass is 9.87. The Balaban J connectivity index is 1.96. The van der Waals surface area contributed by atoms with Crippen molar-refractivity contribution in [3.63, 3.8) is 0 Å². The van der Waals surface area contributed by atoms with Crippen molar-refractivity contribution in [3.05, 3.63) is 29.8 Å². The van der Waals surface area contributed by atoms with Gasteiger partial charge < -0.3 is 4.74 Å². The third-order valence-corrected chi connectivity index (χ3v) is 5.12. The predicted octanol–water partition coefficient (Wildman–Crippen LogP) is 6.68. The summed E-state index contributed by atoms with van der Waals surface area (Å²) in [5.41, 5.74) is 0.310. The van der Waals surface area contributed by atoms with Gasteiger partial charge in [0, 0.05) is 18.1 Å². The Hall–Kier alpha value is -1.26. The van der Waals surface area contributed by atoms with E-state index in [1.807, 2.05) is 0 Å². The van der Waals surface area contributed by atoms with Crippen LogP contribution < -0.4 is 0 Å². The van der Waals surface area contributed by atoms with Gasteiger partial charge in [-0.3, -0.25) is 0 Å². The Morgan fingerprint density at radius 3 is 2.08 bits per heavy atom. The van der Waals surface area contributed by atoms with E-state index >= 15 is 0 Å². The normalized spacial score (nSPS) is 24.4. The number of hydrogen-bond donors (Lipinski definition) is 0. The summed E-state index contributed by atoms with van der Waals surface area (Å²) in [6.45, 7) is 2.80. The number of rotatable bonds is 4. The zero-order valence-corrected chi connectivity index (χ0v) is 14.2. The maximum Gasteiger partial charge on any atom is 0.310 e. The highest BCUT2D eigenvalue weighted by molar-refractivity contribution is 8.45. The van der Waals surface area contributed by atoms with Crippen LogP contribution in [0.15, 0.2) is 29.2 Å². The van der Waals surface area contributed by atoms with Gasteiger partial charge in [0.15, 0.2) is 0 Å². The molecule has 0 heterocycles. The molecule has 24 heavy (non-hydrogen) atoms. The summed E-state index contributed by atoms with van der Waals surface area (Å²) < 4.78 is 68.9. The molecule has 0 atom stereocenters. The van der Waals surface area contributed by atoms with E-state index in [1.54, 1.807) is 0 Å². The van der Waals surface area contributed by atoms with E-state index in [1.165, 1.54) is 0 Å². The van der Waals surface area contributed by atoms with Crippen LogP contribution in [0.2, 0.25) is 0 Å².